The zero-order valence-electron chi connectivity index (χ0n) is 15.7. The van der Waals surface area contributed by atoms with Crippen LogP contribution in [0.2, 0.25) is 0 Å². The maximum Gasteiger partial charge on any atom is 0.335 e. The molecule has 1 N–H and O–H groups in total. The molecule has 1 aliphatic heterocycles. The Kier molecular flexibility index (Phi) is 5.40. The lowest BCUT2D eigenvalue weighted by Crippen LogP contribution is -2.54. The number of rotatable bonds is 5. The van der Waals surface area contributed by atoms with E-state index in [9.17, 15) is 14.4 Å². The summed E-state index contributed by atoms with van der Waals surface area (Å²) in [6, 6.07) is 11.7. The molecule has 1 heterocycles. The summed E-state index contributed by atoms with van der Waals surface area (Å²) in [6.45, 7) is 7.61. The molecule has 0 aromatic heterocycles. The maximum atomic E-state index is 13.0. The Morgan fingerprint density at radius 3 is 2.64 bits per heavy atom. The zero-order chi connectivity index (χ0) is 20.3. The van der Waals surface area contributed by atoms with E-state index >= 15 is 0 Å². The van der Waals surface area contributed by atoms with Gasteiger partial charge in [-0.1, -0.05) is 36.9 Å². The Labute approximate surface area is 163 Å². The fourth-order valence-corrected chi connectivity index (χ4v) is 2.85. The predicted octanol–water partition coefficient (Wildman–Crippen LogP) is 3.53. The first kappa shape index (κ1) is 19.1. The molecule has 0 atom stereocenters. The molecule has 2 aromatic rings. The number of carbonyl (C=O) groups excluding carboxylic acids is 3. The second kappa shape index (κ2) is 7.92. The number of aryl methyl sites for hydroxylation is 2. The van der Waals surface area contributed by atoms with Gasteiger partial charge in [0.1, 0.15) is 17.9 Å². The lowest BCUT2D eigenvalue weighted by atomic mass is 10.0. The highest BCUT2D eigenvalue weighted by Gasteiger charge is 2.37. The van der Waals surface area contributed by atoms with Crippen LogP contribution in [0.3, 0.4) is 0 Å². The molecular formula is C22H20N2O4. The van der Waals surface area contributed by atoms with E-state index in [0.29, 0.717) is 23.6 Å². The predicted molar refractivity (Wildman–Crippen MR) is 107 cm³/mol. The lowest BCUT2D eigenvalue weighted by Gasteiger charge is -2.27. The molecule has 0 saturated carbocycles. The Balaban J connectivity index is 1.99. The number of nitrogens with zero attached hydrogens (tertiary/aromatic N) is 1. The van der Waals surface area contributed by atoms with Gasteiger partial charge in [-0.25, -0.2) is 9.69 Å². The first-order valence-electron chi connectivity index (χ1n) is 8.73. The van der Waals surface area contributed by atoms with Crippen LogP contribution < -0.4 is 15.0 Å². The van der Waals surface area contributed by atoms with Crippen LogP contribution in [0.5, 0.6) is 5.75 Å². The molecule has 6 heteroatoms. The molecule has 0 bridgehead atoms. The minimum Gasteiger partial charge on any atom is -0.490 e. The molecule has 6 nitrogen and oxygen atoms in total. The molecule has 1 aliphatic rings. The van der Waals surface area contributed by atoms with Crippen molar-refractivity contribution >= 4 is 29.6 Å². The Bertz CT molecular complexity index is 1010. The third-order valence-electron chi connectivity index (χ3n) is 4.24. The van der Waals surface area contributed by atoms with Crippen molar-refractivity contribution in [2.45, 2.75) is 13.8 Å². The number of benzene rings is 2. The van der Waals surface area contributed by atoms with E-state index in [0.717, 1.165) is 16.0 Å². The Morgan fingerprint density at radius 2 is 1.89 bits per heavy atom. The smallest absolute Gasteiger partial charge is 0.335 e. The number of carbonyl (C=O) groups is 3. The summed E-state index contributed by atoms with van der Waals surface area (Å²) in [6.07, 6.45) is 3.07. The van der Waals surface area contributed by atoms with E-state index in [-0.39, 0.29) is 5.57 Å². The molecule has 1 saturated heterocycles. The number of urea groups is 1. The number of barbiturate groups is 1. The quantitative estimate of drug-likeness (QED) is 0.492. The fourth-order valence-electron chi connectivity index (χ4n) is 2.85. The summed E-state index contributed by atoms with van der Waals surface area (Å²) >= 11 is 0. The van der Waals surface area contributed by atoms with Gasteiger partial charge < -0.3 is 4.74 Å². The highest BCUT2D eigenvalue weighted by Crippen LogP contribution is 2.26. The van der Waals surface area contributed by atoms with Crippen molar-refractivity contribution in [2.75, 3.05) is 11.5 Å². The van der Waals surface area contributed by atoms with Crippen LogP contribution in [0.1, 0.15) is 16.7 Å². The number of hydrogen-bond donors (Lipinski definition) is 1. The third-order valence-corrected chi connectivity index (χ3v) is 4.24. The standard InChI is InChI=1S/C22H20N2O4/c1-4-10-28-17-7-5-6-16(12-17)13-18-20(25)23-22(27)24(21(18)26)19-11-14(2)8-9-15(19)3/h4-9,11-13H,1,10H2,2-3H3,(H,23,25,27)/b18-13-. The van der Waals surface area contributed by atoms with Crippen LogP contribution in [0.25, 0.3) is 6.08 Å². The summed E-state index contributed by atoms with van der Waals surface area (Å²) in [4.78, 5) is 38.7. The van der Waals surface area contributed by atoms with Crippen molar-refractivity contribution in [1.82, 2.24) is 5.32 Å². The van der Waals surface area contributed by atoms with Gasteiger partial charge in [0, 0.05) is 0 Å². The van der Waals surface area contributed by atoms with Crippen molar-refractivity contribution in [3.05, 3.63) is 77.4 Å². The topological polar surface area (TPSA) is 75.7 Å². The average Bonchev–Trinajstić information content (AvgIpc) is 2.66. The van der Waals surface area contributed by atoms with Gasteiger partial charge in [0.15, 0.2) is 0 Å². The van der Waals surface area contributed by atoms with Crippen molar-refractivity contribution in [2.24, 2.45) is 0 Å². The number of amides is 4. The van der Waals surface area contributed by atoms with Crippen LogP contribution >= 0.6 is 0 Å². The normalized spacial score (nSPS) is 15.6. The van der Waals surface area contributed by atoms with Crippen molar-refractivity contribution in [3.63, 3.8) is 0 Å². The van der Waals surface area contributed by atoms with E-state index in [1.165, 1.54) is 6.08 Å². The first-order chi connectivity index (χ1) is 13.4. The number of ether oxygens (including phenoxy) is 1. The van der Waals surface area contributed by atoms with E-state index < -0.39 is 17.8 Å². The molecule has 0 radical (unpaired) electrons. The van der Waals surface area contributed by atoms with Crippen LogP contribution in [0, 0.1) is 13.8 Å². The highest BCUT2D eigenvalue weighted by molar-refractivity contribution is 6.39. The second-order valence-electron chi connectivity index (χ2n) is 6.42. The summed E-state index contributed by atoms with van der Waals surface area (Å²) in [7, 11) is 0. The summed E-state index contributed by atoms with van der Waals surface area (Å²) in [5.74, 6) is -0.811. The molecule has 142 valence electrons. The third kappa shape index (κ3) is 3.86. The molecular weight excluding hydrogens is 356 g/mol. The van der Waals surface area contributed by atoms with Gasteiger partial charge in [-0.2, -0.15) is 0 Å². The fraction of sp³-hybridized carbons (Fsp3) is 0.136. The SMILES string of the molecule is C=CCOc1cccc(/C=C2/C(=O)NC(=O)N(c3cc(C)ccc3C)C2=O)c1. The minimum absolute atomic E-state index is 0.124. The van der Waals surface area contributed by atoms with Gasteiger partial charge in [0.05, 0.1) is 5.69 Å². The summed E-state index contributed by atoms with van der Waals surface area (Å²) < 4.78 is 5.48. The van der Waals surface area contributed by atoms with E-state index in [4.69, 9.17) is 4.74 Å². The van der Waals surface area contributed by atoms with Gasteiger partial charge in [0.2, 0.25) is 0 Å². The van der Waals surface area contributed by atoms with Gasteiger partial charge in [0.25, 0.3) is 11.8 Å². The largest absolute Gasteiger partial charge is 0.490 e. The molecule has 28 heavy (non-hydrogen) atoms. The zero-order valence-corrected chi connectivity index (χ0v) is 15.7. The van der Waals surface area contributed by atoms with Crippen molar-refractivity contribution in [3.8, 4) is 5.75 Å². The number of nitrogens with one attached hydrogen (secondary N) is 1. The van der Waals surface area contributed by atoms with E-state index in [1.54, 1.807) is 43.3 Å². The molecule has 0 unspecified atom stereocenters. The summed E-state index contributed by atoms with van der Waals surface area (Å²) in [5, 5.41) is 2.24. The van der Waals surface area contributed by atoms with Gasteiger partial charge in [-0.3, -0.25) is 14.9 Å². The van der Waals surface area contributed by atoms with Crippen LogP contribution in [0.15, 0.2) is 60.7 Å². The maximum absolute atomic E-state index is 13.0. The molecule has 2 aromatic carbocycles. The van der Waals surface area contributed by atoms with Crippen LogP contribution in [-0.2, 0) is 9.59 Å². The molecule has 0 aliphatic carbocycles. The molecule has 4 amide bonds. The second-order valence-corrected chi connectivity index (χ2v) is 6.42. The summed E-state index contributed by atoms with van der Waals surface area (Å²) in [5.41, 5.74) is 2.58. The number of imide groups is 2. The monoisotopic (exact) mass is 376 g/mol. The highest BCUT2D eigenvalue weighted by atomic mass is 16.5. The molecule has 0 spiro atoms. The van der Waals surface area contributed by atoms with E-state index in [2.05, 4.69) is 11.9 Å². The minimum atomic E-state index is -0.760. The Hall–Kier alpha value is -3.67. The Morgan fingerprint density at radius 1 is 1.11 bits per heavy atom. The average molecular weight is 376 g/mol. The molecule has 1 fully saturated rings. The van der Waals surface area contributed by atoms with Gasteiger partial charge >= 0.3 is 6.03 Å². The van der Waals surface area contributed by atoms with Crippen molar-refractivity contribution in [1.29, 1.82) is 0 Å². The van der Waals surface area contributed by atoms with Crippen LogP contribution in [0.4, 0.5) is 10.5 Å². The van der Waals surface area contributed by atoms with Gasteiger partial charge in [-0.15, -0.1) is 0 Å². The molecule has 3 rings (SSSR count). The van der Waals surface area contributed by atoms with Gasteiger partial charge in [-0.05, 0) is 54.8 Å². The lowest BCUT2D eigenvalue weighted by molar-refractivity contribution is -0.122. The van der Waals surface area contributed by atoms with Crippen LogP contribution in [-0.4, -0.2) is 24.5 Å². The number of anilines is 1. The van der Waals surface area contributed by atoms with Crippen molar-refractivity contribution < 1.29 is 19.1 Å². The number of hydrogen-bond acceptors (Lipinski definition) is 4. The van der Waals surface area contributed by atoms with E-state index in [1.807, 2.05) is 19.1 Å². The first-order valence-corrected chi connectivity index (χ1v) is 8.73.